The Morgan fingerprint density at radius 2 is 2.06 bits per heavy atom. The molecule has 2 rings (SSSR count). The van der Waals surface area contributed by atoms with Crippen molar-refractivity contribution < 1.29 is 13.2 Å². The van der Waals surface area contributed by atoms with Crippen LogP contribution in [0.4, 0.5) is 18.9 Å². The van der Waals surface area contributed by atoms with Gasteiger partial charge in [-0.25, -0.2) is 0 Å². The van der Waals surface area contributed by atoms with Gasteiger partial charge in [-0.2, -0.15) is 23.1 Å². The molecule has 0 fully saturated rings. The Labute approximate surface area is 101 Å². The number of halogens is 3. The zero-order valence-electron chi connectivity index (χ0n) is 9.57. The van der Waals surface area contributed by atoms with Crippen LogP contribution in [0, 0.1) is 6.92 Å². The Morgan fingerprint density at radius 1 is 1.33 bits per heavy atom. The Morgan fingerprint density at radius 3 is 2.61 bits per heavy atom. The lowest BCUT2D eigenvalue weighted by Gasteiger charge is -2.04. The summed E-state index contributed by atoms with van der Waals surface area (Å²) in [6.07, 6.45) is -3.75. The van der Waals surface area contributed by atoms with Crippen LogP contribution < -0.4 is 5.73 Å². The highest BCUT2D eigenvalue weighted by Gasteiger charge is 2.34. The number of hydrogen-bond donors (Lipinski definition) is 1. The lowest BCUT2D eigenvalue weighted by atomic mass is 10.1. The van der Waals surface area contributed by atoms with Gasteiger partial charge in [0, 0.05) is 5.69 Å². The van der Waals surface area contributed by atoms with Gasteiger partial charge >= 0.3 is 6.18 Å². The molecule has 4 nitrogen and oxygen atoms in total. The van der Waals surface area contributed by atoms with Gasteiger partial charge in [0.2, 0.25) is 0 Å². The maximum Gasteiger partial charge on any atom is 0.436 e. The number of nitrogen functional groups attached to an aromatic ring is 1. The average Bonchev–Trinajstić information content (AvgIpc) is 2.72. The van der Waals surface area contributed by atoms with E-state index in [0.717, 1.165) is 15.9 Å². The van der Waals surface area contributed by atoms with E-state index in [-0.39, 0.29) is 6.54 Å². The first kappa shape index (κ1) is 12.4. The van der Waals surface area contributed by atoms with Gasteiger partial charge in [-0.1, -0.05) is 12.1 Å². The maximum absolute atomic E-state index is 12.3. The van der Waals surface area contributed by atoms with Crippen LogP contribution in [-0.2, 0) is 12.7 Å². The Hall–Kier alpha value is -2.05. The molecule has 1 aromatic heterocycles. The van der Waals surface area contributed by atoms with Gasteiger partial charge in [-0.05, 0) is 24.1 Å². The highest BCUT2D eigenvalue weighted by molar-refractivity contribution is 5.47. The van der Waals surface area contributed by atoms with Crippen molar-refractivity contribution in [2.75, 3.05) is 5.73 Å². The zero-order chi connectivity index (χ0) is 13.3. The molecule has 2 aromatic rings. The van der Waals surface area contributed by atoms with Crippen molar-refractivity contribution in [3.63, 3.8) is 0 Å². The fourth-order valence-electron chi connectivity index (χ4n) is 1.50. The molecule has 0 spiro atoms. The molecule has 0 unspecified atom stereocenters. The van der Waals surface area contributed by atoms with E-state index in [1.165, 1.54) is 0 Å². The summed E-state index contributed by atoms with van der Waals surface area (Å²) < 4.78 is 37.0. The van der Waals surface area contributed by atoms with Crippen LogP contribution in [0.25, 0.3) is 0 Å². The van der Waals surface area contributed by atoms with E-state index >= 15 is 0 Å². The summed E-state index contributed by atoms with van der Waals surface area (Å²) in [6.45, 7) is 2.01. The molecule has 0 aliphatic carbocycles. The van der Waals surface area contributed by atoms with Crippen molar-refractivity contribution in [2.45, 2.75) is 19.6 Å². The third-order valence-electron chi connectivity index (χ3n) is 2.49. The summed E-state index contributed by atoms with van der Waals surface area (Å²) in [6, 6.07) is 5.24. The summed E-state index contributed by atoms with van der Waals surface area (Å²) in [5, 5.41) is 6.96. The molecule has 7 heteroatoms. The molecule has 2 N–H and O–H groups in total. The second kappa shape index (κ2) is 4.32. The molecule has 1 aromatic carbocycles. The number of anilines is 1. The topological polar surface area (TPSA) is 56.7 Å². The van der Waals surface area contributed by atoms with Crippen LogP contribution in [0.5, 0.6) is 0 Å². The van der Waals surface area contributed by atoms with Crippen LogP contribution >= 0.6 is 0 Å². The molecule has 0 atom stereocenters. The molecule has 0 radical (unpaired) electrons. The Bertz CT molecular complexity index is 560. The van der Waals surface area contributed by atoms with E-state index in [2.05, 4.69) is 10.2 Å². The third kappa shape index (κ3) is 2.61. The van der Waals surface area contributed by atoms with E-state index in [4.69, 9.17) is 5.73 Å². The van der Waals surface area contributed by atoms with Crippen LogP contribution in [0.3, 0.4) is 0 Å². The first-order valence-electron chi connectivity index (χ1n) is 5.18. The number of nitrogens with two attached hydrogens (primary N) is 1. The van der Waals surface area contributed by atoms with Crippen molar-refractivity contribution in [3.8, 4) is 0 Å². The predicted octanol–water partition coefficient (Wildman–Crippen LogP) is 2.24. The van der Waals surface area contributed by atoms with Crippen molar-refractivity contribution in [1.82, 2.24) is 15.0 Å². The predicted molar refractivity (Wildman–Crippen MR) is 59.7 cm³/mol. The highest BCUT2D eigenvalue weighted by atomic mass is 19.4. The van der Waals surface area contributed by atoms with Crippen molar-refractivity contribution >= 4 is 5.69 Å². The lowest BCUT2D eigenvalue weighted by molar-refractivity contribution is -0.141. The average molecular weight is 256 g/mol. The molecular weight excluding hydrogens is 245 g/mol. The van der Waals surface area contributed by atoms with E-state index < -0.39 is 11.9 Å². The summed E-state index contributed by atoms with van der Waals surface area (Å²) in [4.78, 5) is 1.01. The smallest absolute Gasteiger partial charge is 0.399 e. The molecule has 0 saturated heterocycles. The molecule has 0 aliphatic heterocycles. The summed E-state index contributed by atoms with van der Waals surface area (Å²) in [5.41, 5.74) is 6.98. The number of benzene rings is 1. The zero-order valence-corrected chi connectivity index (χ0v) is 9.57. The van der Waals surface area contributed by atoms with Gasteiger partial charge in [0.05, 0.1) is 12.7 Å². The molecule has 18 heavy (non-hydrogen) atoms. The number of hydrogen-bond acceptors (Lipinski definition) is 3. The van der Waals surface area contributed by atoms with Gasteiger partial charge in [0.15, 0.2) is 5.69 Å². The Balaban J connectivity index is 2.19. The van der Waals surface area contributed by atoms with Crippen molar-refractivity contribution in [1.29, 1.82) is 0 Å². The van der Waals surface area contributed by atoms with Gasteiger partial charge in [-0.3, -0.25) is 0 Å². The minimum absolute atomic E-state index is 0.178. The number of aryl methyl sites for hydroxylation is 1. The largest absolute Gasteiger partial charge is 0.436 e. The second-order valence-electron chi connectivity index (χ2n) is 3.95. The lowest BCUT2D eigenvalue weighted by Crippen LogP contribution is -2.09. The first-order valence-corrected chi connectivity index (χ1v) is 5.18. The fourth-order valence-corrected chi connectivity index (χ4v) is 1.50. The standard InChI is InChI=1S/C11H11F3N4/c1-7-4-8(2-3-9(7)15)6-18-16-5-10(17-18)11(12,13)14/h2-5H,6,15H2,1H3. The van der Waals surface area contributed by atoms with Gasteiger partial charge in [-0.15, -0.1) is 5.10 Å². The third-order valence-corrected chi connectivity index (χ3v) is 2.49. The molecule has 96 valence electrons. The molecule has 0 saturated carbocycles. The second-order valence-corrected chi connectivity index (χ2v) is 3.95. The van der Waals surface area contributed by atoms with E-state index in [0.29, 0.717) is 11.9 Å². The van der Waals surface area contributed by atoms with Crippen LogP contribution in [-0.4, -0.2) is 15.0 Å². The number of aromatic nitrogens is 3. The number of alkyl halides is 3. The normalized spacial score (nSPS) is 11.8. The SMILES string of the molecule is Cc1cc(Cn2ncc(C(F)(F)F)n2)ccc1N. The van der Waals surface area contributed by atoms with E-state index in [9.17, 15) is 13.2 Å². The van der Waals surface area contributed by atoms with Gasteiger partial charge in [0.1, 0.15) is 0 Å². The molecule has 0 bridgehead atoms. The summed E-state index contributed by atoms with van der Waals surface area (Å²) in [5.74, 6) is 0. The van der Waals surface area contributed by atoms with Gasteiger partial charge < -0.3 is 5.73 Å². The Kier molecular flexibility index (Phi) is 2.98. The summed E-state index contributed by atoms with van der Waals surface area (Å²) >= 11 is 0. The number of rotatable bonds is 2. The van der Waals surface area contributed by atoms with Crippen molar-refractivity contribution in [2.24, 2.45) is 0 Å². The van der Waals surface area contributed by atoms with Crippen molar-refractivity contribution in [3.05, 3.63) is 41.2 Å². The van der Waals surface area contributed by atoms with E-state index in [1.807, 2.05) is 6.92 Å². The number of nitrogens with zero attached hydrogens (tertiary/aromatic N) is 3. The van der Waals surface area contributed by atoms with Crippen LogP contribution in [0.1, 0.15) is 16.8 Å². The highest BCUT2D eigenvalue weighted by Crippen LogP contribution is 2.26. The molecule has 1 heterocycles. The molecule has 0 aliphatic rings. The minimum Gasteiger partial charge on any atom is -0.399 e. The molecular formula is C11H11F3N4. The van der Waals surface area contributed by atoms with E-state index in [1.54, 1.807) is 18.2 Å². The first-order chi connectivity index (χ1) is 8.36. The van der Waals surface area contributed by atoms with Crippen LogP contribution in [0.2, 0.25) is 0 Å². The van der Waals surface area contributed by atoms with Gasteiger partial charge in [0.25, 0.3) is 0 Å². The van der Waals surface area contributed by atoms with Crippen LogP contribution in [0.15, 0.2) is 24.4 Å². The monoisotopic (exact) mass is 256 g/mol. The fraction of sp³-hybridized carbons (Fsp3) is 0.273. The molecule has 0 amide bonds. The minimum atomic E-state index is -4.46. The quantitative estimate of drug-likeness (QED) is 0.838. The summed E-state index contributed by atoms with van der Waals surface area (Å²) in [7, 11) is 0. The maximum atomic E-state index is 12.3.